The van der Waals surface area contributed by atoms with Crippen LogP contribution in [0, 0.1) is 0 Å². The van der Waals surface area contributed by atoms with Gasteiger partial charge in [-0.25, -0.2) is 4.79 Å². The van der Waals surface area contributed by atoms with Gasteiger partial charge in [-0.05, 0) is 50.1 Å². The normalized spacial score (nSPS) is 27.8. The van der Waals surface area contributed by atoms with Crippen molar-refractivity contribution < 1.29 is 4.79 Å². The van der Waals surface area contributed by atoms with Crippen LogP contribution >= 0.6 is 35.0 Å². The number of carbonyl (C=O) groups excluding carboxylic acids is 1. The summed E-state index contributed by atoms with van der Waals surface area (Å²) in [6.07, 6.45) is 6.61. The predicted octanol–water partition coefficient (Wildman–Crippen LogP) is 4.88. The molecule has 1 aromatic carbocycles. The monoisotopic (exact) mass is 344 g/mol. The first-order chi connectivity index (χ1) is 10.1. The second-order valence-corrected chi connectivity index (χ2v) is 7.63. The van der Waals surface area contributed by atoms with Crippen LogP contribution in [0.2, 0.25) is 10.0 Å². The van der Waals surface area contributed by atoms with E-state index in [-0.39, 0.29) is 6.03 Å². The number of amides is 2. The Kier molecular flexibility index (Phi) is 4.57. The fraction of sp³-hybridized carbons (Fsp3) is 0.533. The summed E-state index contributed by atoms with van der Waals surface area (Å²) in [6.45, 7) is 0. The average molecular weight is 345 g/mol. The third-order valence-corrected chi connectivity index (χ3v) is 6.22. The van der Waals surface area contributed by atoms with Gasteiger partial charge in [0.1, 0.15) is 0 Å². The van der Waals surface area contributed by atoms with Crippen molar-refractivity contribution in [3.63, 3.8) is 0 Å². The van der Waals surface area contributed by atoms with Crippen molar-refractivity contribution in [3.8, 4) is 0 Å². The third-order valence-electron chi connectivity index (χ3n) is 4.43. The van der Waals surface area contributed by atoms with Gasteiger partial charge in [0.15, 0.2) is 0 Å². The summed E-state index contributed by atoms with van der Waals surface area (Å²) in [5.74, 6) is 0. The lowest BCUT2D eigenvalue weighted by molar-refractivity contribution is 0.161. The lowest BCUT2D eigenvalue weighted by Crippen LogP contribution is -2.49. The highest BCUT2D eigenvalue weighted by Gasteiger charge is 2.42. The van der Waals surface area contributed by atoms with E-state index < -0.39 is 0 Å². The number of nitrogens with zero attached hydrogens (tertiary/aromatic N) is 1. The van der Waals surface area contributed by atoms with Gasteiger partial charge in [0.05, 0.1) is 10.0 Å². The van der Waals surface area contributed by atoms with Gasteiger partial charge in [-0.1, -0.05) is 23.2 Å². The summed E-state index contributed by atoms with van der Waals surface area (Å²) >= 11 is 13.8. The molecular formula is C15H18Cl2N2OS. The van der Waals surface area contributed by atoms with Gasteiger partial charge in [0.2, 0.25) is 0 Å². The zero-order valence-electron chi connectivity index (χ0n) is 11.8. The molecule has 2 atom stereocenters. The predicted molar refractivity (Wildman–Crippen MR) is 90.7 cm³/mol. The van der Waals surface area contributed by atoms with Crippen LogP contribution in [0.25, 0.3) is 0 Å². The molecule has 2 bridgehead atoms. The van der Waals surface area contributed by atoms with Crippen LogP contribution in [-0.2, 0) is 0 Å². The minimum atomic E-state index is -0.0135. The van der Waals surface area contributed by atoms with Crippen molar-refractivity contribution in [2.75, 3.05) is 11.6 Å². The van der Waals surface area contributed by atoms with Crippen LogP contribution in [0.4, 0.5) is 10.5 Å². The van der Waals surface area contributed by atoms with Crippen LogP contribution in [0.5, 0.6) is 0 Å². The maximum absolute atomic E-state index is 12.6. The number of fused-ring (bicyclic) bond motifs is 2. The lowest BCUT2D eigenvalue weighted by Gasteiger charge is -2.38. The van der Waals surface area contributed by atoms with E-state index in [0.29, 0.717) is 33.1 Å². The highest BCUT2D eigenvalue weighted by atomic mass is 35.5. The molecule has 0 saturated carbocycles. The van der Waals surface area contributed by atoms with Crippen molar-refractivity contribution in [1.29, 1.82) is 0 Å². The number of anilines is 1. The Morgan fingerprint density at radius 2 is 1.90 bits per heavy atom. The highest BCUT2D eigenvalue weighted by molar-refractivity contribution is 7.99. The number of benzene rings is 1. The summed E-state index contributed by atoms with van der Waals surface area (Å²) in [7, 11) is 0. The second-order valence-electron chi connectivity index (χ2n) is 5.68. The summed E-state index contributed by atoms with van der Waals surface area (Å²) in [5, 5.41) is 4.59. The van der Waals surface area contributed by atoms with Gasteiger partial charge in [-0.2, -0.15) is 11.8 Å². The Bertz CT molecular complexity index is 540. The molecule has 114 valence electrons. The number of hydrogen-bond donors (Lipinski definition) is 1. The number of piperidine rings is 1. The molecule has 2 amide bonds. The molecule has 0 radical (unpaired) electrons. The Morgan fingerprint density at radius 1 is 1.24 bits per heavy atom. The van der Waals surface area contributed by atoms with Crippen LogP contribution < -0.4 is 5.32 Å². The summed E-state index contributed by atoms with van der Waals surface area (Å²) in [4.78, 5) is 14.6. The van der Waals surface area contributed by atoms with E-state index in [0.717, 1.165) is 25.7 Å². The smallest absolute Gasteiger partial charge is 0.318 e. The summed E-state index contributed by atoms with van der Waals surface area (Å²) in [5.41, 5.74) is 0.695. The van der Waals surface area contributed by atoms with Crippen molar-refractivity contribution in [2.24, 2.45) is 0 Å². The van der Waals surface area contributed by atoms with Crippen LogP contribution in [0.15, 0.2) is 18.2 Å². The molecular weight excluding hydrogens is 327 g/mol. The van der Waals surface area contributed by atoms with Crippen molar-refractivity contribution in [1.82, 2.24) is 4.90 Å². The van der Waals surface area contributed by atoms with Gasteiger partial charge >= 0.3 is 6.03 Å². The standard InChI is InChI=1S/C15H18Cl2N2OS/c1-21-12-7-10-3-4-11(8-12)19(10)15(20)18-9-2-5-13(16)14(17)6-9/h2,5-6,10-12H,3-4,7-8H2,1H3,(H,18,20). The molecule has 3 nitrogen and oxygen atoms in total. The molecule has 2 aliphatic heterocycles. The summed E-state index contributed by atoms with van der Waals surface area (Å²) < 4.78 is 0. The zero-order valence-corrected chi connectivity index (χ0v) is 14.1. The Hall–Kier alpha value is -0.580. The molecule has 0 aliphatic carbocycles. The topological polar surface area (TPSA) is 32.3 Å². The maximum Gasteiger partial charge on any atom is 0.322 e. The van der Waals surface area contributed by atoms with Gasteiger partial charge in [0.25, 0.3) is 0 Å². The first kappa shape index (κ1) is 15.3. The molecule has 6 heteroatoms. The van der Waals surface area contributed by atoms with E-state index >= 15 is 0 Å². The number of nitrogens with one attached hydrogen (secondary N) is 1. The molecule has 2 heterocycles. The molecule has 1 aromatic rings. The van der Waals surface area contributed by atoms with E-state index in [9.17, 15) is 4.79 Å². The van der Waals surface area contributed by atoms with Crippen LogP contribution in [0.3, 0.4) is 0 Å². The summed E-state index contributed by atoms with van der Waals surface area (Å²) in [6, 6.07) is 5.92. The van der Waals surface area contributed by atoms with Gasteiger partial charge < -0.3 is 10.2 Å². The zero-order chi connectivity index (χ0) is 15.0. The Labute approximate surface area is 139 Å². The molecule has 0 spiro atoms. The molecule has 1 N–H and O–H groups in total. The van der Waals surface area contributed by atoms with E-state index in [1.54, 1.807) is 18.2 Å². The fourth-order valence-corrected chi connectivity index (χ4v) is 4.54. The van der Waals surface area contributed by atoms with Crippen molar-refractivity contribution in [3.05, 3.63) is 28.2 Å². The highest BCUT2D eigenvalue weighted by Crippen LogP contribution is 2.39. The van der Waals surface area contributed by atoms with Crippen LogP contribution in [0.1, 0.15) is 25.7 Å². The number of rotatable bonds is 2. The van der Waals surface area contributed by atoms with E-state index in [4.69, 9.17) is 23.2 Å². The van der Waals surface area contributed by atoms with E-state index in [2.05, 4.69) is 11.6 Å². The molecule has 2 unspecified atom stereocenters. The second kappa shape index (κ2) is 6.27. The molecule has 2 aliphatic rings. The van der Waals surface area contributed by atoms with Crippen molar-refractivity contribution in [2.45, 2.75) is 43.0 Å². The Morgan fingerprint density at radius 3 is 2.48 bits per heavy atom. The van der Waals surface area contributed by atoms with Gasteiger partial charge in [-0.3, -0.25) is 0 Å². The van der Waals surface area contributed by atoms with Gasteiger partial charge in [-0.15, -0.1) is 0 Å². The maximum atomic E-state index is 12.6. The van der Waals surface area contributed by atoms with Crippen LogP contribution in [-0.4, -0.2) is 34.5 Å². The lowest BCUT2D eigenvalue weighted by atomic mass is 10.0. The first-order valence-corrected chi connectivity index (χ1v) is 9.20. The Balaban J connectivity index is 1.70. The molecule has 21 heavy (non-hydrogen) atoms. The molecule has 2 saturated heterocycles. The van der Waals surface area contributed by atoms with Gasteiger partial charge in [0, 0.05) is 23.0 Å². The number of carbonyl (C=O) groups is 1. The minimum absolute atomic E-state index is 0.0135. The van der Waals surface area contributed by atoms with E-state index in [1.807, 2.05) is 16.7 Å². The fourth-order valence-electron chi connectivity index (χ4n) is 3.41. The average Bonchev–Trinajstić information content (AvgIpc) is 2.73. The van der Waals surface area contributed by atoms with E-state index in [1.165, 1.54) is 0 Å². The minimum Gasteiger partial charge on any atom is -0.318 e. The quantitative estimate of drug-likeness (QED) is 0.828. The molecule has 0 aromatic heterocycles. The number of urea groups is 1. The SMILES string of the molecule is CSC1CC2CCC(C1)N2C(=O)Nc1ccc(Cl)c(Cl)c1. The number of halogens is 2. The number of hydrogen-bond acceptors (Lipinski definition) is 2. The molecule has 3 rings (SSSR count). The number of thioether (sulfide) groups is 1. The largest absolute Gasteiger partial charge is 0.322 e. The first-order valence-electron chi connectivity index (χ1n) is 7.15. The molecule has 2 fully saturated rings. The third kappa shape index (κ3) is 3.13. The van der Waals surface area contributed by atoms with Crippen molar-refractivity contribution >= 4 is 46.7 Å².